The Hall–Kier alpha value is -1.47. The first-order valence-corrected chi connectivity index (χ1v) is 7.59. The van der Waals surface area contributed by atoms with Crippen LogP contribution in [0.5, 0.6) is 0 Å². The molecule has 1 aliphatic heterocycles. The average Bonchev–Trinajstić information content (AvgIpc) is 3.12. The SMILES string of the molecule is CC(OCC1CCCO1)C(=O)OCc1nnc(C(C)(C)C)o1. The molecule has 22 heavy (non-hydrogen) atoms. The van der Waals surface area contributed by atoms with Gasteiger partial charge in [0.1, 0.15) is 0 Å². The molecule has 7 heteroatoms. The van der Waals surface area contributed by atoms with E-state index in [-0.39, 0.29) is 24.0 Å². The number of hydrogen-bond acceptors (Lipinski definition) is 7. The van der Waals surface area contributed by atoms with Gasteiger partial charge in [-0.3, -0.25) is 0 Å². The minimum atomic E-state index is -0.644. The Morgan fingerprint density at radius 3 is 2.77 bits per heavy atom. The summed E-state index contributed by atoms with van der Waals surface area (Å²) >= 11 is 0. The van der Waals surface area contributed by atoms with E-state index >= 15 is 0 Å². The lowest BCUT2D eigenvalue weighted by atomic mass is 9.97. The summed E-state index contributed by atoms with van der Waals surface area (Å²) in [6, 6.07) is 0. The number of carbonyl (C=O) groups excluding carboxylic acids is 1. The van der Waals surface area contributed by atoms with Gasteiger partial charge in [0.25, 0.3) is 5.89 Å². The highest BCUT2D eigenvalue weighted by molar-refractivity contribution is 5.74. The predicted octanol–water partition coefficient (Wildman–Crippen LogP) is 1.99. The van der Waals surface area contributed by atoms with E-state index in [9.17, 15) is 4.79 Å². The fourth-order valence-corrected chi connectivity index (χ4v) is 1.96. The Balaban J connectivity index is 1.73. The van der Waals surface area contributed by atoms with E-state index in [1.165, 1.54) is 0 Å². The third kappa shape index (κ3) is 4.78. The van der Waals surface area contributed by atoms with Gasteiger partial charge in [-0.05, 0) is 19.8 Å². The molecule has 2 unspecified atom stereocenters. The second-order valence-electron chi connectivity index (χ2n) is 6.47. The maximum absolute atomic E-state index is 11.8. The molecule has 0 spiro atoms. The Bertz CT molecular complexity index is 488. The van der Waals surface area contributed by atoms with E-state index in [2.05, 4.69) is 10.2 Å². The lowest BCUT2D eigenvalue weighted by Gasteiger charge is -2.15. The van der Waals surface area contributed by atoms with E-state index in [0.717, 1.165) is 19.4 Å². The third-order valence-electron chi connectivity index (χ3n) is 3.33. The van der Waals surface area contributed by atoms with Gasteiger partial charge in [0.15, 0.2) is 12.7 Å². The smallest absolute Gasteiger partial charge is 0.335 e. The summed E-state index contributed by atoms with van der Waals surface area (Å²) in [6.45, 7) is 8.69. The fourth-order valence-electron chi connectivity index (χ4n) is 1.96. The quantitative estimate of drug-likeness (QED) is 0.743. The van der Waals surface area contributed by atoms with Crippen molar-refractivity contribution in [3.05, 3.63) is 11.8 Å². The topological polar surface area (TPSA) is 83.7 Å². The highest BCUT2D eigenvalue weighted by Crippen LogP contribution is 2.20. The lowest BCUT2D eigenvalue weighted by Crippen LogP contribution is -2.27. The molecule has 1 aromatic heterocycles. The first-order valence-electron chi connectivity index (χ1n) is 7.59. The summed E-state index contributed by atoms with van der Waals surface area (Å²) in [4.78, 5) is 11.8. The first-order chi connectivity index (χ1) is 10.4. The number of aromatic nitrogens is 2. The number of esters is 1. The van der Waals surface area contributed by atoms with Crippen molar-refractivity contribution < 1.29 is 23.4 Å². The molecule has 0 radical (unpaired) electrons. The Labute approximate surface area is 130 Å². The molecule has 0 amide bonds. The molecule has 1 aliphatic rings. The van der Waals surface area contributed by atoms with Crippen LogP contribution in [0.3, 0.4) is 0 Å². The van der Waals surface area contributed by atoms with E-state index in [4.69, 9.17) is 18.6 Å². The zero-order chi connectivity index (χ0) is 16.2. The second-order valence-corrected chi connectivity index (χ2v) is 6.47. The van der Waals surface area contributed by atoms with Crippen molar-refractivity contribution in [2.24, 2.45) is 0 Å². The monoisotopic (exact) mass is 312 g/mol. The van der Waals surface area contributed by atoms with E-state index in [1.807, 2.05) is 20.8 Å². The van der Waals surface area contributed by atoms with Gasteiger partial charge >= 0.3 is 5.97 Å². The van der Waals surface area contributed by atoms with Gasteiger partial charge in [-0.25, -0.2) is 4.79 Å². The van der Waals surface area contributed by atoms with Gasteiger partial charge in [-0.15, -0.1) is 10.2 Å². The van der Waals surface area contributed by atoms with Gasteiger partial charge in [0.2, 0.25) is 5.89 Å². The predicted molar refractivity (Wildman–Crippen MR) is 77.2 cm³/mol. The van der Waals surface area contributed by atoms with Crippen LogP contribution in [-0.2, 0) is 31.0 Å². The molecule has 7 nitrogen and oxygen atoms in total. The van der Waals surface area contributed by atoms with Gasteiger partial charge in [0.05, 0.1) is 12.7 Å². The molecule has 1 saturated heterocycles. The van der Waals surface area contributed by atoms with Crippen molar-refractivity contribution in [2.75, 3.05) is 13.2 Å². The first kappa shape index (κ1) is 16.9. The molecule has 2 heterocycles. The molecule has 0 N–H and O–H groups in total. The molecule has 1 aromatic rings. The molecule has 124 valence electrons. The van der Waals surface area contributed by atoms with Crippen LogP contribution in [0, 0.1) is 0 Å². The van der Waals surface area contributed by atoms with Crippen LogP contribution in [0.15, 0.2) is 4.42 Å². The number of nitrogens with zero attached hydrogens (tertiary/aromatic N) is 2. The number of ether oxygens (including phenoxy) is 3. The Morgan fingerprint density at radius 2 is 2.18 bits per heavy atom. The van der Waals surface area contributed by atoms with Gasteiger partial charge in [-0.2, -0.15) is 0 Å². The summed E-state index contributed by atoms with van der Waals surface area (Å²) in [5.74, 6) is 0.347. The van der Waals surface area contributed by atoms with Crippen LogP contribution >= 0.6 is 0 Å². The Morgan fingerprint density at radius 1 is 1.41 bits per heavy atom. The second kappa shape index (κ2) is 7.19. The maximum Gasteiger partial charge on any atom is 0.335 e. The van der Waals surface area contributed by atoms with E-state index < -0.39 is 12.1 Å². The maximum atomic E-state index is 11.8. The van der Waals surface area contributed by atoms with Gasteiger partial charge in [0, 0.05) is 12.0 Å². The zero-order valence-electron chi connectivity index (χ0n) is 13.6. The molecular weight excluding hydrogens is 288 g/mol. The fraction of sp³-hybridized carbons (Fsp3) is 0.800. The Kier molecular flexibility index (Phi) is 5.52. The summed E-state index contributed by atoms with van der Waals surface area (Å²) in [5, 5.41) is 7.81. The van der Waals surface area contributed by atoms with Crippen LogP contribution in [0.4, 0.5) is 0 Å². The molecule has 2 rings (SSSR count). The number of hydrogen-bond donors (Lipinski definition) is 0. The summed E-state index contributed by atoms with van der Waals surface area (Å²) in [7, 11) is 0. The van der Waals surface area contributed by atoms with Crippen LogP contribution in [0.25, 0.3) is 0 Å². The van der Waals surface area contributed by atoms with Crippen LogP contribution in [0.2, 0.25) is 0 Å². The van der Waals surface area contributed by atoms with Crippen molar-refractivity contribution in [2.45, 2.75) is 64.8 Å². The van der Waals surface area contributed by atoms with Crippen LogP contribution < -0.4 is 0 Å². The number of rotatable bonds is 6. The summed E-state index contributed by atoms with van der Waals surface area (Å²) in [5.41, 5.74) is -0.229. The van der Waals surface area contributed by atoms with Gasteiger partial charge < -0.3 is 18.6 Å². The minimum absolute atomic E-state index is 0.0461. The zero-order valence-corrected chi connectivity index (χ0v) is 13.6. The van der Waals surface area contributed by atoms with Crippen molar-refractivity contribution in [1.82, 2.24) is 10.2 Å². The third-order valence-corrected chi connectivity index (χ3v) is 3.33. The molecule has 2 atom stereocenters. The molecular formula is C15H24N2O5. The number of carbonyl (C=O) groups is 1. The average molecular weight is 312 g/mol. The highest BCUT2D eigenvalue weighted by Gasteiger charge is 2.23. The summed E-state index contributed by atoms with van der Waals surface area (Å²) in [6.07, 6.45) is 1.45. The van der Waals surface area contributed by atoms with Crippen molar-refractivity contribution >= 4 is 5.97 Å². The normalized spacial score (nSPS) is 20.1. The molecule has 0 saturated carbocycles. The molecule has 0 bridgehead atoms. The van der Waals surface area contributed by atoms with Crippen molar-refractivity contribution in [1.29, 1.82) is 0 Å². The van der Waals surface area contributed by atoms with E-state index in [0.29, 0.717) is 12.5 Å². The molecule has 0 aliphatic carbocycles. The highest BCUT2D eigenvalue weighted by atomic mass is 16.6. The van der Waals surface area contributed by atoms with Crippen molar-refractivity contribution in [3.63, 3.8) is 0 Å². The molecule has 1 fully saturated rings. The molecule has 0 aromatic carbocycles. The van der Waals surface area contributed by atoms with Crippen molar-refractivity contribution in [3.8, 4) is 0 Å². The van der Waals surface area contributed by atoms with Gasteiger partial charge in [-0.1, -0.05) is 20.8 Å². The largest absolute Gasteiger partial charge is 0.454 e. The summed E-state index contributed by atoms with van der Waals surface area (Å²) < 4.78 is 21.5. The van der Waals surface area contributed by atoms with Crippen LogP contribution in [0.1, 0.15) is 52.3 Å². The standard InChI is InChI=1S/C15H24N2O5/c1-10(20-8-11-6-5-7-19-11)13(18)21-9-12-16-17-14(22-12)15(2,3)4/h10-11H,5-9H2,1-4H3. The van der Waals surface area contributed by atoms with E-state index in [1.54, 1.807) is 6.92 Å². The van der Waals surface area contributed by atoms with Crippen LogP contribution in [-0.4, -0.2) is 41.6 Å². The lowest BCUT2D eigenvalue weighted by molar-refractivity contribution is -0.159. The minimum Gasteiger partial charge on any atom is -0.454 e.